The maximum absolute atomic E-state index is 13.7. The predicted molar refractivity (Wildman–Crippen MR) is 77.5 cm³/mol. The number of benzene rings is 1. The topological polar surface area (TPSA) is 46.3 Å². The second kappa shape index (κ2) is 5.52. The zero-order chi connectivity index (χ0) is 14.9. The van der Waals surface area contributed by atoms with Crippen molar-refractivity contribution in [2.75, 3.05) is 13.1 Å². The molecule has 1 saturated heterocycles. The van der Waals surface area contributed by atoms with Crippen LogP contribution in [0, 0.1) is 17.2 Å². The molecule has 1 aliphatic rings. The van der Waals surface area contributed by atoms with Gasteiger partial charge in [-0.25, -0.2) is 4.39 Å². The van der Waals surface area contributed by atoms with Crippen molar-refractivity contribution >= 4 is 5.91 Å². The zero-order valence-electron chi connectivity index (χ0n) is 12.4. The average Bonchev–Trinajstić information content (AvgIpc) is 2.71. The van der Waals surface area contributed by atoms with Crippen molar-refractivity contribution in [2.45, 2.75) is 33.2 Å². The quantitative estimate of drug-likeness (QED) is 0.924. The molecule has 110 valence electrons. The third-order valence-corrected chi connectivity index (χ3v) is 4.16. The second-order valence-electron chi connectivity index (χ2n) is 6.69. The van der Waals surface area contributed by atoms with Crippen molar-refractivity contribution in [2.24, 2.45) is 17.1 Å². The number of carbonyl (C=O) groups excluding carboxylic acids is 1. The Labute approximate surface area is 120 Å². The van der Waals surface area contributed by atoms with Crippen LogP contribution in [0.1, 0.15) is 38.8 Å². The number of rotatable bonds is 3. The molecule has 2 unspecified atom stereocenters. The molecule has 2 rings (SSSR count). The summed E-state index contributed by atoms with van der Waals surface area (Å²) in [6.07, 6.45) is 0.563. The van der Waals surface area contributed by atoms with Crippen LogP contribution in [0.3, 0.4) is 0 Å². The molecule has 1 aliphatic heterocycles. The molecule has 3 nitrogen and oxygen atoms in total. The number of hydrogen-bond acceptors (Lipinski definition) is 2. The number of amides is 1. The van der Waals surface area contributed by atoms with Gasteiger partial charge in [0.25, 0.3) is 0 Å². The molecule has 0 bridgehead atoms. The molecule has 1 aromatic rings. The molecule has 0 aromatic heterocycles. The summed E-state index contributed by atoms with van der Waals surface area (Å²) in [6.45, 7) is 7.53. The Kier molecular flexibility index (Phi) is 4.14. The maximum atomic E-state index is 13.7. The van der Waals surface area contributed by atoms with E-state index in [2.05, 4.69) is 20.8 Å². The second-order valence-corrected chi connectivity index (χ2v) is 6.69. The van der Waals surface area contributed by atoms with E-state index >= 15 is 0 Å². The van der Waals surface area contributed by atoms with Gasteiger partial charge in [-0.05, 0) is 17.4 Å². The first-order valence-electron chi connectivity index (χ1n) is 7.07. The van der Waals surface area contributed by atoms with Gasteiger partial charge in [-0.2, -0.15) is 0 Å². The summed E-state index contributed by atoms with van der Waals surface area (Å²) in [5, 5.41) is 0. The predicted octanol–water partition coefficient (Wildman–Crippen LogP) is 2.72. The highest BCUT2D eigenvalue weighted by molar-refractivity contribution is 5.78. The van der Waals surface area contributed by atoms with Gasteiger partial charge in [-0.3, -0.25) is 4.79 Å². The summed E-state index contributed by atoms with van der Waals surface area (Å²) in [5.74, 6) is 0.151. The van der Waals surface area contributed by atoms with Gasteiger partial charge >= 0.3 is 0 Å². The minimum Gasteiger partial charge on any atom is -0.340 e. The fourth-order valence-electron chi connectivity index (χ4n) is 2.64. The summed E-state index contributed by atoms with van der Waals surface area (Å²) >= 11 is 0. The van der Waals surface area contributed by atoms with E-state index in [1.165, 1.54) is 6.07 Å². The van der Waals surface area contributed by atoms with E-state index in [0.29, 0.717) is 31.0 Å². The van der Waals surface area contributed by atoms with Crippen LogP contribution in [0.4, 0.5) is 4.39 Å². The standard InChI is InChI=1S/C16H23FN2O/c1-16(2,3)11-8-15(20)19(9-11)10-14(18)12-6-4-5-7-13(12)17/h4-7,11,14H,8-10,18H2,1-3H3. The van der Waals surface area contributed by atoms with Gasteiger partial charge in [0, 0.05) is 25.1 Å². The molecule has 1 fully saturated rings. The molecule has 20 heavy (non-hydrogen) atoms. The molecule has 0 spiro atoms. The van der Waals surface area contributed by atoms with E-state index in [-0.39, 0.29) is 17.1 Å². The van der Waals surface area contributed by atoms with Gasteiger partial charge in [0.05, 0.1) is 6.04 Å². The Balaban J connectivity index is 2.04. The third kappa shape index (κ3) is 3.18. The Bertz CT molecular complexity index is 495. The van der Waals surface area contributed by atoms with Crippen LogP contribution in [0.2, 0.25) is 0 Å². The minimum absolute atomic E-state index is 0.104. The van der Waals surface area contributed by atoms with Crippen molar-refractivity contribution in [3.8, 4) is 0 Å². The molecule has 1 amide bonds. The summed E-state index contributed by atoms with van der Waals surface area (Å²) in [7, 11) is 0. The van der Waals surface area contributed by atoms with E-state index < -0.39 is 6.04 Å². The largest absolute Gasteiger partial charge is 0.340 e. The lowest BCUT2D eigenvalue weighted by molar-refractivity contribution is -0.128. The SMILES string of the molecule is CC(C)(C)C1CC(=O)N(CC(N)c2ccccc2F)C1. The van der Waals surface area contributed by atoms with Crippen molar-refractivity contribution < 1.29 is 9.18 Å². The maximum Gasteiger partial charge on any atom is 0.223 e. The van der Waals surface area contributed by atoms with Gasteiger partial charge in [0.2, 0.25) is 5.91 Å². The molecule has 2 N–H and O–H groups in total. The van der Waals surface area contributed by atoms with E-state index in [9.17, 15) is 9.18 Å². The number of halogens is 1. The molecule has 4 heteroatoms. The Morgan fingerprint density at radius 2 is 2.05 bits per heavy atom. The van der Waals surface area contributed by atoms with Crippen LogP contribution < -0.4 is 5.73 Å². The number of nitrogens with zero attached hydrogens (tertiary/aromatic N) is 1. The van der Waals surface area contributed by atoms with Crippen LogP contribution >= 0.6 is 0 Å². The smallest absolute Gasteiger partial charge is 0.223 e. The number of carbonyl (C=O) groups is 1. The first-order chi connectivity index (χ1) is 9.29. The van der Waals surface area contributed by atoms with Gasteiger partial charge in [-0.15, -0.1) is 0 Å². The lowest BCUT2D eigenvalue weighted by Crippen LogP contribution is -2.34. The fraction of sp³-hybridized carbons (Fsp3) is 0.562. The highest BCUT2D eigenvalue weighted by Gasteiger charge is 2.37. The highest BCUT2D eigenvalue weighted by atomic mass is 19.1. The van der Waals surface area contributed by atoms with Crippen LogP contribution in [-0.2, 0) is 4.79 Å². The first kappa shape index (κ1) is 15.0. The normalized spacial score (nSPS) is 21.4. The molecule has 1 aromatic carbocycles. The van der Waals surface area contributed by atoms with Crippen LogP contribution in [0.5, 0.6) is 0 Å². The number of nitrogens with two attached hydrogens (primary N) is 1. The third-order valence-electron chi connectivity index (χ3n) is 4.16. The lowest BCUT2D eigenvalue weighted by Gasteiger charge is -2.27. The molecule has 2 atom stereocenters. The van der Waals surface area contributed by atoms with Gasteiger partial charge < -0.3 is 10.6 Å². The minimum atomic E-state index is -0.473. The molecular formula is C16H23FN2O. The van der Waals surface area contributed by atoms with Gasteiger partial charge in [0.1, 0.15) is 5.82 Å². The summed E-state index contributed by atoms with van der Waals surface area (Å²) in [6, 6.07) is 6.02. The van der Waals surface area contributed by atoms with E-state index in [1.807, 2.05) is 0 Å². The monoisotopic (exact) mass is 278 g/mol. The summed E-state index contributed by atoms with van der Waals surface area (Å²) < 4.78 is 13.7. The average molecular weight is 278 g/mol. The van der Waals surface area contributed by atoms with Crippen LogP contribution in [-0.4, -0.2) is 23.9 Å². The van der Waals surface area contributed by atoms with Crippen LogP contribution in [0.15, 0.2) is 24.3 Å². The Morgan fingerprint density at radius 3 is 2.60 bits per heavy atom. The molecule has 0 saturated carbocycles. The fourth-order valence-corrected chi connectivity index (χ4v) is 2.64. The van der Waals surface area contributed by atoms with Gasteiger partial charge in [-0.1, -0.05) is 39.0 Å². The Hall–Kier alpha value is -1.42. The molecule has 0 radical (unpaired) electrons. The highest BCUT2D eigenvalue weighted by Crippen LogP contribution is 2.34. The van der Waals surface area contributed by atoms with E-state index in [4.69, 9.17) is 5.73 Å². The number of likely N-dealkylation sites (tertiary alicyclic amines) is 1. The molecular weight excluding hydrogens is 255 g/mol. The first-order valence-corrected chi connectivity index (χ1v) is 7.07. The van der Waals surface area contributed by atoms with Crippen LogP contribution in [0.25, 0.3) is 0 Å². The van der Waals surface area contributed by atoms with E-state index in [1.54, 1.807) is 23.1 Å². The number of hydrogen-bond donors (Lipinski definition) is 1. The van der Waals surface area contributed by atoms with Crippen molar-refractivity contribution in [3.63, 3.8) is 0 Å². The Morgan fingerprint density at radius 1 is 1.40 bits per heavy atom. The summed E-state index contributed by atoms with van der Waals surface area (Å²) in [4.78, 5) is 13.8. The lowest BCUT2D eigenvalue weighted by atomic mass is 9.80. The summed E-state index contributed by atoms with van der Waals surface area (Å²) in [5.41, 5.74) is 6.63. The van der Waals surface area contributed by atoms with Crippen molar-refractivity contribution in [1.29, 1.82) is 0 Å². The molecule has 1 heterocycles. The van der Waals surface area contributed by atoms with Crippen molar-refractivity contribution in [3.05, 3.63) is 35.6 Å². The van der Waals surface area contributed by atoms with Gasteiger partial charge in [0.15, 0.2) is 0 Å². The van der Waals surface area contributed by atoms with E-state index in [0.717, 1.165) is 0 Å². The molecule has 0 aliphatic carbocycles. The van der Waals surface area contributed by atoms with Crippen molar-refractivity contribution in [1.82, 2.24) is 4.90 Å². The zero-order valence-corrected chi connectivity index (χ0v) is 12.4.